The lowest BCUT2D eigenvalue weighted by molar-refractivity contribution is -0.0334. The highest BCUT2D eigenvalue weighted by Crippen LogP contribution is 2.35. The third-order valence-electron chi connectivity index (χ3n) is 5.79. The monoisotopic (exact) mass is 511 g/mol. The van der Waals surface area contributed by atoms with Crippen LogP contribution in [0.4, 0.5) is 5.95 Å². The molecule has 2 fully saturated rings. The van der Waals surface area contributed by atoms with Gasteiger partial charge < -0.3 is 29.2 Å². The van der Waals surface area contributed by atoms with E-state index in [1.165, 1.54) is 11.3 Å². The number of ether oxygens (including phenoxy) is 4. The summed E-state index contributed by atoms with van der Waals surface area (Å²) in [5, 5.41) is 8.95. The molecule has 6 rings (SSSR count). The van der Waals surface area contributed by atoms with Gasteiger partial charge in [-0.25, -0.2) is 19.5 Å². The van der Waals surface area contributed by atoms with Gasteiger partial charge in [-0.2, -0.15) is 5.10 Å². The summed E-state index contributed by atoms with van der Waals surface area (Å²) in [7, 11) is 3.25. The Hall–Kier alpha value is -3.32. The Labute approximate surface area is 213 Å². The first-order valence-corrected chi connectivity index (χ1v) is 12.6. The van der Waals surface area contributed by atoms with E-state index in [0.717, 1.165) is 85.3 Å². The molecule has 0 bridgehead atoms. The summed E-state index contributed by atoms with van der Waals surface area (Å²) < 4.78 is 22.5. The van der Waals surface area contributed by atoms with Crippen molar-refractivity contribution in [3.63, 3.8) is 0 Å². The van der Waals surface area contributed by atoms with E-state index in [1.54, 1.807) is 20.4 Å². The summed E-state index contributed by atoms with van der Waals surface area (Å²) in [6, 6.07) is 5.76. The van der Waals surface area contributed by atoms with E-state index in [9.17, 15) is 0 Å². The van der Waals surface area contributed by atoms with Crippen LogP contribution in [-0.2, 0) is 9.47 Å². The third kappa shape index (κ3) is 5.41. The maximum atomic E-state index is 5.41. The van der Waals surface area contributed by atoms with Crippen LogP contribution in [0.2, 0.25) is 0 Å². The summed E-state index contributed by atoms with van der Waals surface area (Å²) in [6.07, 6.45) is 5.48. The SMILES string of the molecule is C1COCCO1.COc1ccc(-c2nn3c(-c4cnc(N5CCNCC5)nc4)cnc3s2)cc1OC. The van der Waals surface area contributed by atoms with Gasteiger partial charge in [-0.05, 0) is 18.2 Å². The summed E-state index contributed by atoms with van der Waals surface area (Å²) in [6.45, 7) is 6.84. The molecule has 0 radical (unpaired) electrons. The molecule has 0 saturated carbocycles. The van der Waals surface area contributed by atoms with Crippen molar-refractivity contribution in [2.24, 2.45) is 0 Å². The average Bonchev–Trinajstić information content (AvgIpc) is 3.56. The van der Waals surface area contributed by atoms with Crippen molar-refractivity contribution in [1.82, 2.24) is 29.9 Å². The molecule has 36 heavy (non-hydrogen) atoms. The molecule has 5 heterocycles. The molecule has 11 nitrogen and oxygen atoms in total. The maximum absolute atomic E-state index is 5.41. The van der Waals surface area contributed by atoms with Gasteiger partial charge in [-0.1, -0.05) is 11.3 Å². The largest absolute Gasteiger partial charge is 0.493 e. The standard InChI is InChI=1S/C20H21N7O2S.C4H8O2/c1-28-16-4-3-13(9-17(16)29-2)18-25-27-15(12-24-20(27)30-18)14-10-22-19(23-11-14)26-7-5-21-6-8-26;1-2-6-4-3-5-1/h3-4,9-12,21H,5-8H2,1-2H3;1-4H2. The van der Waals surface area contributed by atoms with Gasteiger partial charge in [0.25, 0.3) is 0 Å². The first kappa shape index (κ1) is 24.4. The highest BCUT2D eigenvalue weighted by atomic mass is 32.1. The van der Waals surface area contributed by atoms with Gasteiger partial charge in [-0.15, -0.1) is 0 Å². The lowest BCUT2D eigenvalue weighted by atomic mass is 10.2. The molecule has 190 valence electrons. The molecule has 0 amide bonds. The van der Waals surface area contributed by atoms with E-state index in [2.05, 4.69) is 25.2 Å². The Bertz CT molecular complexity index is 1260. The number of imidazole rings is 1. The maximum Gasteiger partial charge on any atom is 0.225 e. The second-order valence-electron chi connectivity index (χ2n) is 8.05. The Morgan fingerprint density at radius 2 is 1.56 bits per heavy atom. The number of rotatable bonds is 5. The lowest BCUT2D eigenvalue weighted by Crippen LogP contribution is -2.44. The summed E-state index contributed by atoms with van der Waals surface area (Å²) >= 11 is 1.51. The Balaban J connectivity index is 0.000000391. The van der Waals surface area contributed by atoms with E-state index < -0.39 is 0 Å². The van der Waals surface area contributed by atoms with E-state index in [1.807, 2.05) is 35.1 Å². The van der Waals surface area contributed by atoms with Crippen LogP contribution in [0.3, 0.4) is 0 Å². The van der Waals surface area contributed by atoms with Crippen molar-refractivity contribution in [1.29, 1.82) is 0 Å². The molecule has 1 aromatic carbocycles. The molecule has 12 heteroatoms. The number of hydrogen-bond donors (Lipinski definition) is 1. The molecular formula is C24H29N7O4S. The van der Waals surface area contributed by atoms with Gasteiger partial charge in [0, 0.05) is 49.7 Å². The van der Waals surface area contributed by atoms with Crippen molar-refractivity contribution in [2.45, 2.75) is 0 Å². The normalized spacial score (nSPS) is 15.9. The van der Waals surface area contributed by atoms with Gasteiger partial charge in [0.05, 0.1) is 52.5 Å². The number of hydrogen-bond acceptors (Lipinski definition) is 11. The van der Waals surface area contributed by atoms with Crippen LogP contribution in [0, 0.1) is 0 Å². The van der Waals surface area contributed by atoms with E-state index in [-0.39, 0.29) is 0 Å². The predicted molar refractivity (Wildman–Crippen MR) is 137 cm³/mol. The number of piperazine rings is 1. The Morgan fingerprint density at radius 3 is 2.19 bits per heavy atom. The molecule has 3 aromatic heterocycles. The fourth-order valence-corrected chi connectivity index (χ4v) is 4.77. The molecule has 0 spiro atoms. The van der Waals surface area contributed by atoms with Crippen molar-refractivity contribution >= 4 is 22.2 Å². The van der Waals surface area contributed by atoms with E-state index >= 15 is 0 Å². The second kappa shape index (κ2) is 11.6. The van der Waals surface area contributed by atoms with Crippen LogP contribution < -0.4 is 19.7 Å². The van der Waals surface area contributed by atoms with Crippen molar-refractivity contribution < 1.29 is 18.9 Å². The summed E-state index contributed by atoms with van der Waals surface area (Å²) in [4.78, 5) is 16.6. The molecular weight excluding hydrogens is 482 g/mol. The van der Waals surface area contributed by atoms with Crippen molar-refractivity contribution in [3.8, 4) is 33.3 Å². The molecule has 0 atom stereocenters. The third-order valence-corrected chi connectivity index (χ3v) is 6.77. The fourth-order valence-electron chi connectivity index (χ4n) is 3.90. The number of aromatic nitrogens is 5. The van der Waals surface area contributed by atoms with E-state index in [4.69, 9.17) is 24.0 Å². The molecule has 0 unspecified atom stereocenters. The first-order valence-electron chi connectivity index (χ1n) is 11.8. The Morgan fingerprint density at radius 1 is 0.861 bits per heavy atom. The molecule has 2 aliphatic rings. The highest BCUT2D eigenvalue weighted by molar-refractivity contribution is 7.19. The zero-order valence-electron chi connectivity index (χ0n) is 20.3. The van der Waals surface area contributed by atoms with Crippen LogP contribution >= 0.6 is 11.3 Å². The lowest BCUT2D eigenvalue weighted by Gasteiger charge is -2.27. The van der Waals surface area contributed by atoms with Gasteiger partial charge in [0.1, 0.15) is 5.01 Å². The molecule has 0 aliphatic carbocycles. The smallest absolute Gasteiger partial charge is 0.225 e. The molecule has 2 aliphatic heterocycles. The minimum Gasteiger partial charge on any atom is -0.493 e. The highest BCUT2D eigenvalue weighted by Gasteiger charge is 2.17. The molecule has 4 aromatic rings. The Kier molecular flexibility index (Phi) is 7.86. The zero-order valence-corrected chi connectivity index (χ0v) is 21.2. The zero-order chi connectivity index (χ0) is 24.7. The van der Waals surface area contributed by atoms with Crippen molar-refractivity contribution in [2.75, 3.05) is 71.7 Å². The van der Waals surface area contributed by atoms with Gasteiger partial charge in [-0.3, -0.25) is 0 Å². The number of methoxy groups -OCH3 is 2. The number of anilines is 1. The number of benzene rings is 1. The number of fused-ring (bicyclic) bond motifs is 1. The minimum atomic E-state index is 0.667. The van der Waals surface area contributed by atoms with Crippen LogP contribution in [-0.4, -0.2) is 91.4 Å². The minimum absolute atomic E-state index is 0.667. The number of nitrogens with zero attached hydrogens (tertiary/aromatic N) is 6. The van der Waals surface area contributed by atoms with Crippen LogP contribution in [0.5, 0.6) is 11.5 Å². The molecule has 1 N–H and O–H groups in total. The van der Waals surface area contributed by atoms with E-state index in [0.29, 0.717) is 11.5 Å². The molecule has 2 saturated heterocycles. The summed E-state index contributed by atoms with van der Waals surface area (Å²) in [5.41, 5.74) is 2.68. The van der Waals surface area contributed by atoms with Crippen LogP contribution in [0.25, 0.3) is 26.8 Å². The average molecular weight is 512 g/mol. The predicted octanol–water partition coefficient (Wildman–Crippen LogP) is 2.37. The quantitative estimate of drug-likeness (QED) is 0.429. The van der Waals surface area contributed by atoms with Gasteiger partial charge in [0.2, 0.25) is 10.9 Å². The first-order chi connectivity index (χ1) is 17.8. The van der Waals surface area contributed by atoms with Gasteiger partial charge >= 0.3 is 0 Å². The topological polar surface area (TPSA) is 108 Å². The number of nitrogens with one attached hydrogen (secondary N) is 1. The summed E-state index contributed by atoms with van der Waals surface area (Å²) in [5.74, 6) is 2.11. The fraction of sp³-hybridized carbons (Fsp3) is 0.417. The second-order valence-corrected chi connectivity index (χ2v) is 9.00. The van der Waals surface area contributed by atoms with Crippen molar-refractivity contribution in [3.05, 3.63) is 36.8 Å². The van der Waals surface area contributed by atoms with Gasteiger partial charge in [0.15, 0.2) is 11.5 Å². The van der Waals surface area contributed by atoms with Crippen LogP contribution in [0.1, 0.15) is 0 Å². The van der Waals surface area contributed by atoms with Crippen LogP contribution in [0.15, 0.2) is 36.8 Å².